The molecule has 0 aliphatic carbocycles. The average molecular weight is 332 g/mol. The molecule has 3 heterocycles. The molecule has 0 saturated carbocycles. The van der Waals surface area contributed by atoms with E-state index >= 15 is 0 Å². The maximum absolute atomic E-state index is 13.1. The van der Waals surface area contributed by atoms with Crippen LogP contribution in [-0.4, -0.2) is 17.5 Å². The van der Waals surface area contributed by atoms with Gasteiger partial charge in [-0.25, -0.2) is 4.98 Å². The number of hydrogen-bond acceptors (Lipinski definition) is 4. The fraction of sp³-hybridized carbons (Fsp3) is 0.100. The minimum absolute atomic E-state index is 0.149. The van der Waals surface area contributed by atoms with E-state index in [1.165, 1.54) is 0 Å². The largest absolute Gasteiger partial charge is 0.488 e. The summed E-state index contributed by atoms with van der Waals surface area (Å²) in [7, 11) is 0. The summed E-state index contributed by atoms with van der Waals surface area (Å²) in [5.41, 5.74) is 1.48. The number of pyridine rings is 1. The number of carbonyl (C=O) groups is 1. The summed E-state index contributed by atoms with van der Waals surface area (Å²) in [6.45, 7) is 0.541. The molecular formula is C20H16N2O3. The third kappa shape index (κ3) is 3.17. The Morgan fingerprint density at radius 3 is 2.76 bits per heavy atom. The van der Waals surface area contributed by atoms with Crippen molar-refractivity contribution in [2.45, 2.75) is 6.54 Å². The topological polar surface area (TPSA) is 55.6 Å². The second-order valence-electron chi connectivity index (χ2n) is 5.65. The van der Waals surface area contributed by atoms with Crippen molar-refractivity contribution >= 4 is 17.8 Å². The maximum Gasteiger partial charge on any atom is 0.259 e. The standard InChI is InChI=1S/C20H16N2O3/c23-20(16-12-15-6-1-2-8-18(15)25-14-16)22(13-17-7-5-11-24-17)19-9-3-4-10-21-19/h1-12H,13-14H2. The van der Waals surface area contributed by atoms with Crippen molar-refractivity contribution in [2.75, 3.05) is 11.5 Å². The normalized spacial score (nSPS) is 12.7. The van der Waals surface area contributed by atoms with E-state index in [0.29, 0.717) is 23.7 Å². The number of nitrogens with zero attached hydrogens (tertiary/aromatic N) is 2. The highest BCUT2D eigenvalue weighted by Crippen LogP contribution is 2.27. The van der Waals surface area contributed by atoms with E-state index in [4.69, 9.17) is 9.15 Å². The summed E-state index contributed by atoms with van der Waals surface area (Å²) in [6.07, 6.45) is 5.13. The summed E-state index contributed by atoms with van der Waals surface area (Å²) >= 11 is 0. The number of benzene rings is 1. The van der Waals surface area contributed by atoms with E-state index in [0.717, 1.165) is 11.3 Å². The Kier molecular flexibility index (Phi) is 4.04. The zero-order chi connectivity index (χ0) is 17.1. The molecule has 25 heavy (non-hydrogen) atoms. The quantitative estimate of drug-likeness (QED) is 0.731. The Labute approximate surface area is 145 Å². The Morgan fingerprint density at radius 1 is 1.08 bits per heavy atom. The van der Waals surface area contributed by atoms with Gasteiger partial charge in [0.05, 0.1) is 18.4 Å². The number of carbonyl (C=O) groups excluding carboxylic acids is 1. The van der Waals surface area contributed by atoms with Crippen LogP contribution in [0.5, 0.6) is 5.75 Å². The third-order valence-corrected chi connectivity index (χ3v) is 3.97. The molecule has 1 aromatic carbocycles. The number of rotatable bonds is 4. The molecule has 1 amide bonds. The molecule has 0 saturated heterocycles. The smallest absolute Gasteiger partial charge is 0.259 e. The first-order valence-corrected chi connectivity index (χ1v) is 7.99. The van der Waals surface area contributed by atoms with Crippen LogP contribution >= 0.6 is 0 Å². The van der Waals surface area contributed by atoms with Crippen LogP contribution in [0.2, 0.25) is 0 Å². The molecule has 0 radical (unpaired) electrons. The van der Waals surface area contributed by atoms with Crippen LogP contribution in [0, 0.1) is 0 Å². The van der Waals surface area contributed by atoms with Gasteiger partial charge in [0.15, 0.2) is 0 Å². The van der Waals surface area contributed by atoms with Crippen LogP contribution in [0.1, 0.15) is 11.3 Å². The molecule has 3 aromatic rings. The summed E-state index contributed by atoms with van der Waals surface area (Å²) in [6, 6.07) is 16.8. The molecule has 0 N–H and O–H groups in total. The van der Waals surface area contributed by atoms with Gasteiger partial charge in [-0.3, -0.25) is 9.69 Å². The minimum atomic E-state index is -0.149. The molecule has 0 fully saturated rings. The first kappa shape index (κ1) is 15.2. The van der Waals surface area contributed by atoms with E-state index < -0.39 is 0 Å². The monoisotopic (exact) mass is 332 g/mol. The van der Waals surface area contributed by atoms with Crippen molar-refractivity contribution in [3.63, 3.8) is 0 Å². The third-order valence-electron chi connectivity index (χ3n) is 3.97. The number of hydrogen-bond donors (Lipinski definition) is 0. The Bertz CT molecular complexity index is 902. The van der Waals surface area contributed by atoms with Gasteiger partial charge < -0.3 is 9.15 Å². The van der Waals surface area contributed by atoms with Crippen molar-refractivity contribution in [2.24, 2.45) is 0 Å². The Morgan fingerprint density at radius 2 is 1.96 bits per heavy atom. The highest BCUT2D eigenvalue weighted by Gasteiger charge is 2.25. The van der Waals surface area contributed by atoms with E-state index in [9.17, 15) is 4.79 Å². The predicted molar refractivity (Wildman–Crippen MR) is 94.0 cm³/mol. The lowest BCUT2D eigenvalue weighted by Gasteiger charge is -2.24. The lowest BCUT2D eigenvalue weighted by molar-refractivity contribution is -0.115. The van der Waals surface area contributed by atoms with Crippen molar-refractivity contribution < 1.29 is 13.9 Å². The van der Waals surface area contributed by atoms with Crippen LogP contribution in [-0.2, 0) is 11.3 Å². The molecule has 0 bridgehead atoms. The molecule has 1 aliphatic rings. The molecule has 0 spiro atoms. The van der Waals surface area contributed by atoms with Gasteiger partial charge in [0.25, 0.3) is 5.91 Å². The fourth-order valence-electron chi connectivity index (χ4n) is 2.74. The van der Waals surface area contributed by atoms with Crippen LogP contribution in [0.15, 0.2) is 77.0 Å². The second kappa shape index (κ2) is 6.65. The lowest BCUT2D eigenvalue weighted by atomic mass is 10.1. The van der Waals surface area contributed by atoms with Crippen molar-refractivity contribution in [3.8, 4) is 5.75 Å². The number of furan rings is 1. The molecule has 124 valence electrons. The molecule has 5 heteroatoms. The molecular weight excluding hydrogens is 316 g/mol. The van der Waals surface area contributed by atoms with Crippen molar-refractivity contribution in [1.82, 2.24) is 4.98 Å². The average Bonchev–Trinajstić information content (AvgIpc) is 3.19. The minimum Gasteiger partial charge on any atom is -0.488 e. The number of fused-ring (bicyclic) bond motifs is 1. The summed E-state index contributed by atoms with van der Waals surface area (Å²) in [5, 5.41) is 0. The summed E-state index contributed by atoms with van der Waals surface area (Å²) in [5.74, 6) is 1.90. The van der Waals surface area contributed by atoms with Gasteiger partial charge in [-0.1, -0.05) is 24.3 Å². The van der Waals surface area contributed by atoms with Crippen LogP contribution in [0.4, 0.5) is 5.82 Å². The highest BCUT2D eigenvalue weighted by molar-refractivity contribution is 6.08. The Balaban J connectivity index is 1.67. The zero-order valence-corrected chi connectivity index (χ0v) is 13.5. The Hall–Kier alpha value is -3.34. The molecule has 1 aliphatic heterocycles. The molecule has 0 atom stereocenters. The van der Waals surface area contributed by atoms with Crippen LogP contribution < -0.4 is 9.64 Å². The van der Waals surface area contributed by atoms with Crippen molar-refractivity contribution in [3.05, 3.63) is 84.0 Å². The number of anilines is 1. The second-order valence-corrected chi connectivity index (χ2v) is 5.65. The SMILES string of the molecule is O=C(C1=Cc2ccccc2OC1)N(Cc1ccco1)c1ccccn1. The number of aromatic nitrogens is 1. The first-order chi connectivity index (χ1) is 12.3. The molecule has 5 nitrogen and oxygen atoms in total. The highest BCUT2D eigenvalue weighted by atomic mass is 16.5. The van der Waals surface area contributed by atoms with Gasteiger partial charge in [-0.2, -0.15) is 0 Å². The number of amides is 1. The van der Waals surface area contributed by atoms with Gasteiger partial charge >= 0.3 is 0 Å². The van der Waals surface area contributed by atoms with E-state index in [1.54, 1.807) is 29.5 Å². The van der Waals surface area contributed by atoms with E-state index in [-0.39, 0.29) is 12.5 Å². The lowest BCUT2D eigenvalue weighted by Crippen LogP contribution is -2.34. The van der Waals surface area contributed by atoms with E-state index in [1.807, 2.05) is 48.5 Å². The zero-order valence-electron chi connectivity index (χ0n) is 13.5. The number of para-hydroxylation sites is 1. The van der Waals surface area contributed by atoms with Gasteiger partial charge in [0, 0.05) is 11.8 Å². The maximum atomic E-state index is 13.1. The van der Waals surface area contributed by atoms with Gasteiger partial charge in [-0.05, 0) is 36.4 Å². The summed E-state index contributed by atoms with van der Waals surface area (Å²) in [4.78, 5) is 19.0. The predicted octanol–water partition coefficient (Wildman–Crippen LogP) is 3.68. The first-order valence-electron chi connectivity index (χ1n) is 7.99. The van der Waals surface area contributed by atoms with Gasteiger partial charge in [-0.15, -0.1) is 0 Å². The molecule has 2 aromatic heterocycles. The van der Waals surface area contributed by atoms with Crippen molar-refractivity contribution in [1.29, 1.82) is 0 Å². The summed E-state index contributed by atoms with van der Waals surface area (Å²) < 4.78 is 11.1. The fourth-order valence-corrected chi connectivity index (χ4v) is 2.74. The van der Waals surface area contributed by atoms with Crippen LogP contribution in [0.3, 0.4) is 0 Å². The van der Waals surface area contributed by atoms with Gasteiger partial charge in [0.2, 0.25) is 0 Å². The van der Waals surface area contributed by atoms with E-state index in [2.05, 4.69) is 4.98 Å². The number of ether oxygens (including phenoxy) is 1. The molecule has 0 unspecified atom stereocenters. The van der Waals surface area contributed by atoms with Gasteiger partial charge in [0.1, 0.15) is 23.9 Å². The molecule has 4 rings (SSSR count). The van der Waals surface area contributed by atoms with Crippen LogP contribution in [0.25, 0.3) is 6.08 Å².